The van der Waals surface area contributed by atoms with Crippen LogP contribution in [0.3, 0.4) is 0 Å². The average molecular weight is 283 g/mol. The van der Waals surface area contributed by atoms with E-state index >= 15 is 0 Å². The summed E-state index contributed by atoms with van der Waals surface area (Å²) < 4.78 is 0. The van der Waals surface area contributed by atoms with Crippen molar-refractivity contribution < 1.29 is 0 Å². The zero-order valence-electron chi connectivity index (χ0n) is 14.3. The molecule has 0 aromatic carbocycles. The number of hydrogen-bond acceptors (Lipinski definition) is 2. The Morgan fingerprint density at radius 3 is 2.25 bits per heavy atom. The van der Waals surface area contributed by atoms with Crippen molar-refractivity contribution in [3.05, 3.63) is 0 Å². The summed E-state index contributed by atoms with van der Waals surface area (Å²) in [6.45, 7) is 12.1. The van der Waals surface area contributed by atoms with Crippen molar-refractivity contribution in [1.82, 2.24) is 10.2 Å². The minimum Gasteiger partial charge on any atom is -0.314 e. The quantitative estimate of drug-likeness (QED) is 0.563. The maximum atomic E-state index is 3.67. The number of rotatable bonds is 11. The van der Waals surface area contributed by atoms with Crippen molar-refractivity contribution in [2.24, 2.45) is 5.92 Å². The summed E-state index contributed by atoms with van der Waals surface area (Å²) >= 11 is 0. The molecule has 120 valence electrons. The number of likely N-dealkylation sites (tertiary alicyclic amines) is 1. The number of unbranched alkanes of at least 4 members (excludes halogenated alkanes) is 5. The van der Waals surface area contributed by atoms with Crippen molar-refractivity contribution in [3.63, 3.8) is 0 Å². The lowest BCUT2D eigenvalue weighted by Gasteiger charge is -2.35. The van der Waals surface area contributed by atoms with Gasteiger partial charge in [0.1, 0.15) is 0 Å². The zero-order valence-corrected chi connectivity index (χ0v) is 14.3. The van der Waals surface area contributed by atoms with Gasteiger partial charge in [-0.1, -0.05) is 46.0 Å². The largest absolute Gasteiger partial charge is 0.314 e. The molecule has 0 amide bonds. The van der Waals surface area contributed by atoms with E-state index in [1.807, 2.05) is 0 Å². The molecule has 1 atom stereocenters. The van der Waals surface area contributed by atoms with Crippen LogP contribution in [0, 0.1) is 5.92 Å². The van der Waals surface area contributed by atoms with Crippen LogP contribution in [-0.2, 0) is 0 Å². The summed E-state index contributed by atoms with van der Waals surface area (Å²) in [5.41, 5.74) is 0. The minimum absolute atomic E-state index is 0.714. The van der Waals surface area contributed by atoms with Crippen LogP contribution in [0.1, 0.15) is 78.6 Å². The molecule has 0 aromatic heterocycles. The summed E-state index contributed by atoms with van der Waals surface area (Å²) in [5.74, 6) is 0.905. The Labute approximate surface area is 127 Å². The summed E-state index contributed by atoms with van der Waals surface area (Å²) in [6, 6.07) is 0.714. The van der Waals surface area contributed by atoms with Crippen LogP contribution in [0.4, 0.5) is 0 Å². The molecule has 1 unspecified atom stereocenters. The number of nitrogens with one attached hydrogen (secondary N) is 1. The Morgan fingerprint density at radius 1 is 0.950 bits per heavy atom. The first-order chi connectivity index (χ1) is 9.77. The van der Waals surface area contributed by atoms with Crippen LogP contribution >= 0.6 is 0 Å². The highest BCUT2D eigenvalue weighted by Crippen LogP contribution is 2.21. The Hall–Kier alpha value is -0.0800. The first kappa shape index (κ1) is 18.0. The van der Waals surface area contributed by atoms with E-state index in [0.717, 1.165) is 5.92 Å². The summed E-state index contributed by atoms with van der Waals surface area (Å²) in [6.07, 6.45) is 12.6. The molecule has 0 aliphatic carbocycles. The minimum atomic E-state index is 0.714. The molecule has 0 saturated carbocycles. The van der Waals surface area contributed by atoms with Crippen LogP contribution in [0.2, 0.25) is 0 Å². The summed E-state index contributed by atoms with van der Waals surface area (Å²) in [5, 5.41) is 3.67. The predicted octanol–water partition coefficient (Wildman–Crippen LogP) is 4.45. The smallest absolute Gasteiger partial charge is 0.00679 e. The normalized spacial score (nSPS) is 19.4. The molecule has 1 N–H and O–H groups in total. The molecule has 1 aliphatic rings. The third-order valence-electron chi connectivity index (χ3n) is 4.88. The molecule has 1 aliphatic heterocycles. The summed E-state index contributed by atoms with van der Waals surface area (Å²) in [4.78, 5) is 2.70. The van der Waals surface area contributed by atoms with E-state index in [4.69, 9.17) is 0 Å². The second-order valence-corrected chi connectivity index (χ2v) is 6.69. The van der Waals surface area contributed by atoms with Gasteiger partial charge in [0.05, 0.1) is 0 Å². The Morgan fingerprint density at radius 2 is 1.60 bits per heavy atom. The van der Waals surface area contributed by atoms with Gasteiger partial charge in [0.15, 0.2) is 0 Å². The fourth-order valence-corrected chi connectivity index (χ4v) is 3.33. The monoisotopic (exact) mass is 282 g/mol. The van der Waals surface area contributed by atoms with E-state index in [1.165, 1.54) is 84.0 Å². The van der Waals surface area contributed by atoms with Crippen molar-refractivity contribution in [3.8, 4) is 0 Å². The lowest BCUT2D eigenvalue weighted by atomic mass is 9.90. The predicted molar refractivity (Wildman–Crippen MR) is 90.3 cm³/mol. The van der Waals surface area contributed by atoms with E-state index < -0.39 is 0 Å². The Kier molecular flexibility index (Phi) is 10.4. The van der Waals surface area contributed by atoms with Crippen molar-refractivity contribution in [1.29, 1.82) is 0 Å². The third-order valence-corrected chi connectivity index (χ3v) is 4.88. The molecule has 0 spiro atoms. The second kappa shape index (κ2) is 11.6. The van der Waals surface area contributed by atoms with E-state index in [9.17, 15) is 0 Å². The molecular formula is C18H38N2. The van der Waals surface area contributed by atoms with Crippen LogP contribution in [0.15, 0.2) is 0 Å². The molecule has 1 heterocycles. The van der Waals surface area contributed by atoms with Gasteiger partial charge in [-0.15, -0.1) is 0 Å². The molecule has 20 heavy (non-hydrogen) atoms. The lowest BCUT2D eigenvalue weighted by molar-refractivity contribution is 0.160. The van der Waals surface area contributed by atoms with Crippen LogP contribution in [0.25, 0.3) is 0 Å². The molecule has 0 radical (unpaired) electrons. The highest BCUT2D eigenvalue weighted by Gasteiger charge is 2.22. The highest BCUT2D eigenvalue weighted by molar-refractivity contribution is 4.79. The maximum absolute atomic E-state index is 3.67. The van der Waals surface area contributed by atoms with Gasteiger partial charge in [-0.05, 0) is 64.7 Å². The van der Waals surface area contributed by atoms with Crippen LogP contribution in [-0.4, -0.2) is 37.1 Å². The topological polar surface area (TPSA) is 15.3 Å². The van der Waals surface area contributed by atoms with Crippen molar-refractivity contribution in [2.75, 3.05) is 26.2 Å². The van der Waals surface area contributed by atoms with E-state index in [0.29, 0.717) is 6.04 Å². The Balaban J connectivity index is 2.01. The van der Waals surface area contributed by atoms with Gasteiger partial charge in [0, 0.05) is 6.04 Å². The third kappa shape index (κ3) is 7.64. The average Bonchev–Trinajstić information content (AvgIpc) is 2.49. The SMILES string of the molecule is CCCCCCCCN1CCC(C(C)NCCC)CC1. The lowest BCUT2D eigenvalue weighted by Crippen LogP contribution is -2.42. The van der Waals surface area contributed by atoms with Gasteiger partial charge in [0.25, 0.3) is 0 Å². The van der Waals surface area contributed by atoms with Crippen LogP contribution < -0.4 is 5.32 Å². The Bertz CT molecular complexity index is 209. The molecule has 2 heteroatoms. The van der Waals surface area contributed by atoms with Gasteiger partial charge in [-0.25, -0.2) is 0 Å². The fraction of sp³-hybridized carbons (Fsp3) is 1.00. The fourth-order valence-electron chi connectivity index (χ4n) is 3.33. The highest BCUT2D eigenvalue weighted by atomic mass is 15.1. The van der Waals surface area contributed by atoms with Crippen LogP contribution in [0.5, 0.6) is 0 Å². The van der Waals surface area contributed by atoms with Gasteiger partial charge in [-0.2, -0.15) is 0 Å². The van der Waals surface area contributed by atoms with Gasteiger partial charge in [0.2, 0.25) is 0 Å². The second-order valence-electron chi connectivity index (χ2n) is 6.69. The number of nitrogens with zero attached hydrogens (tertiary/aromatic N) is 1. The molecule has 0 bridgehead atoms. The molecule has 2 nitrogen and oxygen atoms in total. The van der Waals surface area contributed by atoms with Crippen molar-refractivity contribution >= 4 is 0 Å². The van der Waals surface area contributed by atoms with E-state index in [2.05, 4.69) is 31.0 Å². The number of hydrogen-bond donors (Lipinski definition) is 1. The molecule has 1 fully saturated rings. The van der Waals surface area contributed by atoms with E-state index in [-0.39, 0.29) is 0 Å². The zero-order chi connectivity index (χ0) is 14.6. The van der Waals surface area contributed by atoms with Gasteiger partial charge in [-0.3, -0.25) is 0 Å². The molecule has 0 aromatic rings. The van der Waals surface area contributed by atoms with Gasteiger partial charge >= 0.3 is 0 Å². The maximum Gasteiger partial charge on any atom is 0.00679 e. The van der Waals surface area contributed by atoms with Gasteiger partial charge < -0.3 is 10.2 Å². The first-order valence-corrected chi connectivity index (χ1v) is 9.23. The molecule has 1 saturated heterocycles. The standard InChI is InChI=1S/C18H38N2/c1-4-6-7-8-9-10-14-20-15-11-18(12-16-20)17(3)19-13-5-2/h17-19H,4-16H2,1-3H3. The first-order valence-electron chi connectivity index (χ1n) is 9.23. The number of piperidine rings is 1. The van der Waals surface area contributed by atoms with E-state index in [1.54, 1.807) is 0 Å². The molecular weight excluding hydrogens is 244 g/mol. The molecule has 1 rings (SSSR count). The summed E-state index contributed by atoms with van der Waals surface area (Å²) in [7, 11) is 0. The van der Waals surface area contributed by atoms with Crippen molar-refractivity contribution in [2.45, 2.75) is 84.6 Å².